The van der Waals surface area contributed by atoms with Gasteiger partial charge in [-0.2, -0.15) is 5.10 Å². The number of aryl methyl sites for hydroxylation is 1. The van der Waals surface area contributed by atoms with Gasteiger partial charge < -0.3 is 4.57 Å². The van der Waals surface area contributed by atoms with Crippen molar-refractivity contribution in [2.45, 2.75) is 64.8 Å². The predicted octanol–water partition coefficient (Wildman–Crippen LogP) is 4.03. The summed E-state index contributed by atoms with van der Waals surface area (Å²) >= 11 is 5.38. The van der Waals surface area contributed by atoms with Gasteiger partial charge in [0.05, 0.1) is 0 Å². The molecule has 1 heterocycles. The standard InChI is InChI=1S/C13H23N3S/c1-10(2)8-9-12-14-15-13(17)16(12)11-6-4-3-5-7-11/h10-11H,3-9H2,1-2H3,(H,15,17). The molecule has 1 aliphatic carbocycles. The molecule has 0 unspecified atom stereocenters. The Kier molecular flexibility index (Phi) is 4.37. The van der Waals surface area contributed by atoms with E-state index < -0.39 is 0 Å². The molecule has 0 aromatic carbocycles. The molecule has 1 saturated carbocycles. The Labute approximate surface area is 109 Å². The van der Waals surface area contributed by atoms with Crippen molar-refractivity contribution in [3.05, 3.63) is 10.6 Å². The highest BCUT2D eigenvalue weighted by molar-refractivity contribution is 7.71. The van der Waals surface area contributed by atoms with Gasteiger partial charge in [-0.05, 0) is 37.4 Å². The molecule has 0 bridgehead atoms. The van der Waals surface area contributed by atoms with Crippen LogP contribution in [0.1, 0.15) is 64.2 Å². The van der Waals surface area contributed by atoms with Crippen LogP contribution >= 0.6 is 12.2 Å². The van der Waals surface area contributed by atoms with Gasteiger partial charge in [-0.15, -0.1) is 0 Å². The second-order valence-corrected chi connectivity index (χ2v) is 5.93. The number of nitrogens with one attached hydrogen (secondary N) is 1. The Bertz CT molecular complexity index is 399. The van der Waals surface area contributed by atoms with Crippen LogP contribution in [-0.2, 0) is 6.42 Å². The van der Waals surface area contributed by atoms with Crippen LogP contribution in [0.4, 0.5) is 0 Å². The minimum Gasteiger partial charge on any atom is -0.301 e. The maximum Gasteiger partial charge on any atom is 0.195 e. The molecule has 96 valence electrons. The summed E-state index contributed by atoms with van der Waals surface area (Å²) in [7, 11) is 0. The molecule has 1 aliphatic rings. The third-order valence-electron chi connectivity index (χ3n) is 3.66. The van der Waals surface area contributed by atoms with Crippen LogP contribution < -0.4 is 0 Å². The predicted molar refractivity (Wildman–Crippen MR) is 72.7 cm³/mol. The highest BCUT2D eigenvalue weighted by Crippen LogP contribution is 2.29. The molecule has 0 aliphatic heterocycles. The number of aromatic nitrogens is 3. The molecule has 4 heteroatoms. The topological polar surface area (TPSA) is 33.6 Å². The Morgan fingerprint density at radius 2 is 2.06 bits per heavy atom. The quantitative estimate of drug-likeness (QED) is 0.822. The summed E-state index contributed by atoms with van der Waals surface area (Å²) in [5, 5.41) is 7.38. The number of nitrogens with zero attached hydrogens (tertiary/aromatic N) is 2. The summed E-state index contributed by atoms with van der Waals surface area (Å²) in [6, 6.07) is 0.595. The van der Waals surface area contributed by atoms with Crippen LogP contribution in [-0.4, -0.2) is 14.8 Å². The number of H-pyrrole nitrogens is 1. The van der Waals surface area contributed by atoms with E-state index in [9.17, 15) is 0 Å². The zero-order valence-electron chi connectivity index (χ0n) is 10.9. The highest BCUT2D eigenvalue weighted by atomic mass is 32.1. The molecule has 1 aromatic rings. The first-order valence-electron chi connectivity index (χ1n) is 6.84. The van der Waals surface area contributed by atoms with Gasteiger partial charge in [0.1, 0.15) is 5.82 Å². The van der Waals surface area contributed by atoms with Crippen LogP contribution in [0.5, 0.6) is 0 Å². The van der Waals surface area contributed by atoms with Crippen molar-refractivity contribution < 1.29 is 0 Å². The zero-order valence-corrected chi connectivity index (χ0v) is 11.7. The Hall–Kier alpha value is -0.640. The minimum absolute atomic E-state index is 0.595. The molecule has 0 spiro atoms. The van der Waals surface area contributed by atoms with Gasteiger partial charge in [0.2, 0.25) is 0 Å². The first-order chi connectivity index (χ1) is 8.18. The van der Waals surface area contributed by atoms with Crippen LogP contribution in [0.3, 0.4) is 0 Å². The largest absolute Gasteiger partial charge is 0.301 e. The number of aromatic amines is 1. The fraction of sp³-hybridized carbons (Fsp3) is 0.846. The molecule has 1 N–H and O–H groups in total. The van der Waals surface area contributed by atoms with Crippen molar-refractivity contribution in [3.63, 3.8) is 0 Å². The fourth-order valence-electron chi connectivity index (χ4n) is 2.65. The molecule has 0 amide bonds. The summed E-state index contributed by atoms with van der Waals surface area (Å²) in [5.74, 6) is 1.88. The maximum atomic E-state index is 5.38. The summed E-state index contributed by atoms with van der Waals surface area (Å²) in [4.78, 5) is 0. The van der Waals surface area contributed by atoms with E-state index >= 15 is 0 Å². The van der Waals surface area contributed by atoms with E-state index in [-0.39, 0.29) is 0 Å². The highest BCUT2D eigenvalue weighted by Gasteiger charge is 2.19. The second-order valence-electron chi connectivity index (χ2n) is 5.54. The van der Waals surface area contributed by atoms with Crippen LogP contribution in [0.15, 0.2) is 0 Å². The number of rotatable bonds is 4. The SMILES string of the molecule is CC(C)CCc1n[nH]c(=S)n1C1CCCCC1. The van der Waals surface area contributed by atoms with E-state index in [1.807, 2.05) is 0 Å². The Balaban J connectivity index is 2.13. The van der Waals surface area contributed by atoms with E-state index in [2.05, 4.69) is 28.6 Å². The molecule has 0 atom stereocenters. The third-order valence-corrected chi connectivity index (χ3v) is 3.95. The van der Waals surface area contributed by atoms with Gasteiger partial charge in [0, 0.05) is 12.5 Å². The van der Waals surface area contributed by atoms with Crippen molar-refractivity contribution >= 4 is 12.2 Å². The monoisotopic (exact) mass is 253 g/mol. The minimum atomic E-state index is 0.595. The van der Waals surface area contributed by atoms with Crippen molar-refractivity contribution in [2.24, 2.45) is 5.92 Å². The Morgan fingerprint density at radius 3 is 2.71 bits per heavy atom. The van der Waals surface area contributed by atoms with E-state index in [0.717, 1.165) is 22.9 Å². The molecular weight excluding hydrogens is 230 g/mol. The smallest absolute Gasteiger partial charge is 0.195 e. The Morgan fingerprint density at radius 1 is 1.35 bits per heavy atom. The van der Waals surface area contributed by atoms with Gasteiger partial charge in [-0.3, -0.25) is 5.10 Å². The molecule has 3 nitrogen and oxygen atoms in total. The molecule has 2 rings (SSSR count). The van der Waals surface area contributed by atoms with E-state index in [1.54, 1.807) is 0 Å². The summed E-state index contributed by atoms with van der Waals surface area (Å²) in [6.07, 6.45) is 8.81. The zero-order chi connectivity index (χ0) is 12.3. The lowest BCUT2D eigenvalue weighted by molar-refractivity contribution is 0.341. The first kappa shape index (κ1) is 12.8. The fourth-order valence-corrected chi connectivity index (χ4v) is 2.95. The molecule has 1 aromatic heterocycles. The van der Waals surface area contributed by atoms with Gasteiger partial charge in [-0.1, -0.05) is 33.1 Å². The van der Waals surface area contributed by atoms with Crippen molar-refractivity contribution in [2.75, 3.05) is 0 Å². The van der Waals surface area contributed by atoms with E-state index in [0.29, 0.717) is 6.04 Å². The lowest BCUT2D eigenvalue weighted by atomic mass is 9.95. The maximum absolute atomic E-state index is 5.38. The van der Waals surface area contributed by atoms with Gasteiger partial charge in [0.25, 0.3) is 0 Å². The lowest BCUT2D eigenvalue weighted by Gasteiger charge is -2.24. The molecule has 17 heavy (non-hydrogen) atoms. The van der Waals surface area contributed by atoms with E-state index in [4.69, 9.17) is 12.2 Å². The molecular formula is C13H23N3S. The van der Waals surface area contributed by atoms with Gasteiger partial charge in [0.15, 0.2) is 4.77 Å². The van der Waals surface area contributed by atoms with Crippen LogP contribution in [0.2, 0.25) is 0 Å². The number of hydrogen-bond acceptors (Lipinski definition) is 2. The van der Waals surface area contributed by atoms with Gasteiger partial charge in [-0.25, -0.2) is 0 Å². The summed E-state index contributed by atoms with van der Waals surface area (Å²) < 4.78 is 3.10. The normalized spacial score (nSPS) is 17.8. The first-order valence-corrected chi connectivity index (χ1v) is 7.25. The van der Waals surface area contributed by atoms with Crippen molar-refractivity contribution in [1.82, 2.24) is 14.8 Å². The van der Waals surface area contributed by atoms with Crippen molar-refractivity contribution in [3.8, 4) is 0 Å². The van der Waals surface area contributed by atoms with E-state index in [1.165, 1.54) is 38.5 Å². The van der Waals surface area contributed by atoms with Crippen molar-refractivity contribution in [1.29, 1.82) is 0 Å². The summed E-state index contributed by atoms with van der Waals surface area (Å²) in [6.45, 7) is 4.51. The molecule has 1 fully saturated rings. The second kappa shape index (κ2) is 5.80. The molecule has 0 radical (unpaired) electrons. The lowest BCUT2D eigenvalue weighted by Crippen LogP contribution is -2.16. The third kappa shape index (κ3) is 3.18. The number of hydrogen-bond donors (Lipinski definition) is 1. The van der Waals surface area contributed by atoms with Gasteiger partial charge >= 0.3 is 0 Å². The molecule has 0 saturated heterocycles. The van der Waals surface area contributed by atoms with Crippen LogP contribution in [0, 0.1) is 10.7 Å². The van der Waals surface area contributed by atoms with Crippen LogP contribution in [0.25, 0.3) is 0 Å². The summed E-state index contributed by atoms with van der Waals surface area (Å²) in [5.41, 5.74) is 0. The average molecular weight is 253 g/mol. The average Bonchev–Trinajstić information content (AvgIpc) is 2.69.